The number of para-hydroxylation sites is 1. The van der Waals surface area contributed by atoms with Crippen LogP contribution in [0.15, 0.2) is 42.5 Å². The van der Waals surface area contributed by atoms with Gasteiger partial charge in [-0.2, -0.15) is 10.2 Å². The molecule has 3 rings (SSSR count). The first-order valence-electron chi connectivity index (χ1n) is 7.91. The maximum atomic E-state index is 9.39. The lowest BCUT2D eigenvalue weighted by atomic mass is 10.0. The monoisotopic (exact) mass is 381 g/mol. The lowest BCUT2D eigenvalue weighted by molar-refractivity contribution is 0.297. The van der Waals surface area contributed by atoms with E-state index < -0.39 is 0 Å². The van der Waals surface area contributed by atoms with Gasteiger partial charge in [0.25, 0.3) is 0 Å². The SMILES string of the molecule is COc1ccc(-c2nc(N)nc(N)c2C#N)cc1COc1ccccc1Cl. The molecular formula is C19H16ClN5O2. The Balaban J connectivity index is 2.00. The largest absolute Gasteiger partial charge is 0.496 e. The molecule has 0 unspecified atom stereocenters. The summed E-state index contributed by atoms with van der Waals surface area (Å²) in [7, 11) is 1.56. The molecule has 8 heteroatoms. The van der Waals surface area contributed by atoms with E-state index in [4.69, 9.17) is 32.5 Å². The number of methoxy groups -OCH3 is 1. The van der Waals surface area contributed by atoms with Crippen LogP contribution in [0.2, 0.25) is 5.02 Å². The molecule has 0 saturated carbocycles. The minimum Gasteiger partial charge on any atom is -0.496 e. The fraction of sp³-hybridized carbons (Fsp3) is 0.105. The highest BCUT2D eigenvalue weighted by atomic mass is 35.5. The maximum absolute atomic E-state index is 9.39. The van der Waals surface area contributed by atoms with Gasteiger partial charge in [0.2, 0.25) is 5.95 Å². The molecule has 27 heavy (non-hydrogen) atoms. The van der Waals surface area contributed by atoms with Crippen LogP contribution in [0.1, 0.15) is 11.1 Å². The summed E-state index contributed by atoms with van der Waals surface area (Å²) in [6.07, 6.45) is 0. The Labute approximate surface area is 161 Å². The van der Waals surface area contributed by atoms with Crippen molar-refractivity contribution in [2.75, 3.05) is 18.6 Å². The fourth-order valence-electron chi connectivity index (χ4n) is 2.57. The van der Waals surface area contributed by atoms with Crippen LogP contribution >= 0.6 is 11.6 Å². The second kappa shape index (κ2) is 7.81. The highest BCUT2D eigenvalue weighted by Gasteiger charge is 2.15. The van der Waals surface area contributed by atoms with Crippen LogP contribution in [-0.2, 0) is 6.61 Å². The van der Waals surface area contributed by atoms with Gasteiger partial charge in [0.15, 0.2) is 0 Å². The zero-order chi connectivity index (χ0) is 19.4. The molecule has 4 N–H and O–H groups in total. The van der Waals surface area contributed by atoms with Gasteiger partial charge in [-0.15, -0.1) is 0 Å². The molecule has 1 heterocycles. The van der Waals surface area contributed by atoms with Gasteiger partial charge in [-0.1, -0.05) is 23.7 Å². The fourth-order valence-corrected chi connectivity index (χ4v) is 2.76. The third-order valence-electron chi connectivity index (χ3n) is 3.84. The lowest BCUT2D eigenvalue weighted by Crippen LogP contribution is -2.05. The standard InChI is InChI=1S/C19H16ClN5O2/c1-26-15-7-6-11(17-13(9-21)18(22)25-19(23)24-17)8-12(15)10-27-16-5-3-2-4-14(16)20/h2-8H,10H2,1H3,(H4,22,23,24,25). The van der Waals surface area contributed by atoms with Crippen molar-refractivity contribution in [2.24, 2.45) is 0 Å². The van der Waals surface area contributed by atoms with E-state index in [0.717, 1.165) is 5.56 Å². The third kappa shape index (κ3) is 3.86. The first-order valence-corrected chi connectivity index (χ1v) is 8.29. The van der Waals surface area contributed by atoms with Gasteiger partial charge in [-0.25, -0.2) is 4.98 Å². The molecule has 0 atom stereocenters. The molecule has 0 amide bonds. The Bertz CT molecular complexity index is 1030. The van der Waals surface area contributed by atoms with E-state index in [-0.39, 0.29) is 23.9 Å². The van der Waals surface area contributed by atoms with E-state index >= 15 is 0 Å². The number of nitrogens with zero attached hydrogens (tertiary/aromatic N) is 3. The van der Waals surface area contributed by atoms with Crippen molar-refractivity contribution in [1.82, 2.24) is 9.97 Å². The number of nitriles is 1. The van der Waals surface area contributed by atoms with Gasteiger partial charge < -0.3 is 20.9 Å². The highest BCUT2D eigenvalue weighted by molar-refractivity contribution is 6.32. The summed E-state index contributed by atoms with van der Waals surface area (Å²) < 4.78 is 11.2. The Morgan fingerprint density at radius 2 is 1.89 bits per heavy atom. The average Bonchev–Trinajstić information content (AvgIpc) is 2.66. The normalized spacial score (nSPS) is 10.3. The van der Waals surface area contributed by atoms with Gasteiger partial charge >= 0.3 is 0 Å². The summed E-state index contributed by atoms with van der Waals surface area (Å²) in [6, 6.07) is 14.5. The lowest BCUT2D eigenvalue weighted by Gasteiger charge is -2.13. The van der Waals surface area contributed by atoms with Crippen molar-refractivity contribution in [2.45, 2.75) is 6.61 Å². The van der Waals surface area contributed by atoms with E-state index in [2.05, 4.69) is 9.97 Å². The van der Waals surface area contributed by atoms with Gasteiger partial charge in [-0.05, 0) is 30.3 Å². The van der Waals surface area contributed by atoms with Gasteiger partial charge in [0, 0.05) is 11.1 Å². The molecule has 0 aliphatic rings. The van der Waals surface area contributed by atoms with Crippen molar-refractivity contribution < 1.29 is 9.47 Å². The summed E-state index contributed by atoms with van der Waals surface area (Å²) in [5.41, 5.74) is 13.4. The molecule has 3 aromatic rings. The summed E-state index contributed by atoms with van der Waals surface area (Å²) in [5, 5.41) is 9.90. The number of rotatable bonds is 5. The van der Waals surface area contributed by atoms with Crippen LogP contribution in [0.3, 0.4) is 0 Å². The van der Waals surface area contributed by atoms with E-state index in [1.54, 1.807) is 37.4 Å². The minimum atomic E-state index is -0.00816. The van der Waals surface area contributed by atoms with E-state index in [0.29, 0.717) is 27.8 Å². The Morgan fingerprint density at radius 3 is 2.59 bits per heavy atom. The molecule has 0 radical (unpaired) electrons. The second-order valence-corrected chi connectivity index (χ2v) is 5.96. The first-order chi connectivity index (χ1) is 13.0. The molecule has 136 valence electrons. The quantitative estimate of drug-likeness (QED) is 0.694. The molecule has 0 spiro atoms. The average molecular weight is 382 g/mol. The van der Waals surface area contributed by atoms with Crippen LogP contribution in [0, 0.1) is 11.3 Å². The molecule has 0 aliphatic carbocycles. The number of nitrogen functional groups attached to an aromatic ring is 2. The Morgan fingerprint density at radius 1 is 1.11 bits per heavy atom. The molecule has 0 aliphatic heterocycles. The minimum absolute atomic E-state index is 0.00816. The van der Waals surface area contributed by atoms with Crippen LogP contribution in [0.4, 0.5) is 11.8 Å². The Kier molecular flexibility index (Phi) is 5.29. The second-order valence-electron chi connectivity index (χ2n) is 5.55. The number of anilines is 2. The van der Waals surface area contributed by atoms with Crippen LogP contribution in [-0.4, -0.2) is 17.1 Å². The highest BCUT2D eigenvalue weighted by Crippen LogP contribution is 2.31. The zero-order valence-corrected chi connectivity index (χ0v) is 15.2. The number of hydrogen-bond donors (Lipinski definition) is 2. The van der Waals surface area contributed by atoms with Crippen LogP contribution in [0.25, 0.3) is 11.3 Å². The molecular weight excluding hydrogens is 366 g/mol. The van der Waals surface area contributed by atoms with Crippen molar-refractivity contribution in [1.29, 1.82) is 5.26 Å². The number of halogens is 1. The van der Waals surface area contributed by atoms with Crippen molar-refractivity contribution in [3.05, 3.63) is 58.6 Å². The van der Waals surface area contributed by atoms with Crippen molar-refractivity contribution >= 4 is 23.4 Å². The number of nitrogens with two attached hydrogens (primary N) is 2. The van der Waals surface area contributed by atoms with Crippen molar-refractivity contribution in [3.8, 4) is 28.8 Å². The van der Waals surface area contributed by atoms with Gasteiger partial charge in [-0.3, -0.25) is 0 Å². The summed E-state index contributed by atoms with van der Waals surface area (Å²) in [4.78, 5) is 8.00. The number of aromatic nitrogens is 2. The van der Waals surface area contributed by atoms with E-state index in [1.807, 2.05) is 18.2 Å². The summed E-state index contributed by atoms with van der Waals surface area (Å²) >= 11 is 6.13. The number of ether oxygens (including phenoxy) is 2. The molecule has 0 fully saturated rings. The van der Waals surface area contributed by atoms with Crippen LogP contribution < -0.4 is 20.9 Å². The zero-order valence-electron chi connectivity index (χ0n) is 14.4. The molecule has 7 nitrogen and oxygen atoms in total. The summed E-state index contributed by atoms with van der Waals surface area (Å²) in [6.45, 7) is 0.207. The van der Waals surface area contributed by atoms with E-state index in [9.17, 15) is 5.26 Å². The first kappa shape index (κ1) is 18.3. The Hall–Kier alpha value is -3.50. The number of benzene rings is 2. The molecule has 0 saturated heterocycles. The predicted octanol–water partition coefficient (Wildman–Crippen LogP) is 3.42. The smallest absolute Gasteiger partial charge is 0.222 e. The number of hydrogen-bond acceptors (Lipinski definition) is 7. The molecule has 0 bridgehead atoms. The topological polar surface area (TPSA) is 120 Å². The molecule has 1 aromatic heterocycles. The third-order valence-corrected chi connectivity index (χ3v) is 4.15. The predicted molar refractivity (Wildman–Crippen MR) is 103 cm³/mol. The maximum Gasteiger partial charge on any atom is 0.222 e. The van der Waals surface area contributed by atoms with Gasteiger partial charge in [0.05, 0.1) is 17.8 Å². The van der Waals surface area contributed by atoms with E-state index in [1.165, 1.54) is 0 Å². The molecule has 2 aromatic carbocycles. The van der Waals surface area contributed by atoms with Crippen molar-refractivity contribution in [3.63, 3.8) is 0 Å². The van der Waals surface area contributed by atoms with Gasteiger partial charge in [0.1, 0.15) is 35.6 Å². The summed E-state index contributed by atoms with van der Waals surface area (Å²) in [5.74, 6) is 1.20. The van der Waals surface area contributed by atoms with Crippen LogP contribution in [0.5, 0.6) is 11.5 Å².